The highest BCUT2D eigenvalue weighted by Gasteiger charge is 2.37. The predicted molar refractivity (Wildman–Crippen MR) is 61.1 cm³/mol. The van der Waals surface area contributed by atoms with Crippen LogP contribution in [-0.2, 0) is 10.1 Å². The average Bonchev–Trinajstić information content (AvgIpc) is 2.01. The molecule has 0 aromatic heterocycles. The Kier molecular flexibility index (Phi) is 6.05. The zero-order chi connectivity index (χ0) is 12.1. The fraction of sp³-hybridized carbons (Fsp3) is 1.00. The van der Waals surface area contributed by atoms with Crippen LogP contribution in [0.4, 0.5) is 0 Å². The Balaban J connectivity index is 4.77. The minimum atomic E-state index is -4.04. The van der Waals surface area contributed by atoms with Gasteiger partial charge in [-0.2, -0.15) is 8.42 Å². The van der Waals surface area contributed by atoms with Crippen molar-refractivity contribution in [2.75, 3.05) is 27.2 Å². The fourth-order valence-corrected chi connectivity index (χ4v) is 3.11. The summed E-state index contributed by atoms with van der Waals surface area (Å²) in [5.74, 6) is 0. The molecule has 0 rings (SSSR count). The van der Waals surface area contributed by atoms with Crippen molar-refractivity contribution in [1.82, 2.24) is 4.84 Å². The van der Waals surface area contributed by atoms with Gasteiger partial charge in [-0.15, -0.1) is 0 Å². The molecule has 0 spiro atoms. The van der Waals surface area contributed by atoms with E-state index < -0.39 is 15.5 Å². The molecule has 0 saturated carbocycles. The van der Waals surface area contributed by atoms with Crippen molar-refractivity contribution in [2.45, 2.75) is 25.1 Å². The standard InChI is InChI=1S/C8H19ClN2O3S/c1-4-7-11(2,3)8(5-6-10-9)15(12,13)14/h8,10H,4-7H2,1-3H3/p+1. The maximum Gasteiger partial charge on any atom is 0.319 e. The van der Waals surface area contributed by atoms with Crippen LogP contribution in [0.3, 0.4) is 0 Å². The Labute approximate surface area is 96.9 Å². The molecule has 0 aliphatic heterocycles. The lowest BCUT2D eigenvalue weighted by Crippen LogP contribution is -2.53. The molecule has 1 atom stereocenters. The Hall–Kier alpha value is 0.120. The monoisotopic (exact) mass is 259 g/mol. The molecule has 0 fully saturated rings. The van der Waals surface area contributed by atoms with Crippen LogP contribution in [0.25, 0.3) is 0 Å². The van der Waals surface area contributed by atoms with E-state index in [-0.39, 0.29) is 10.9 Å². The molecular weight excluding hydrogens is 240 g/mol. The largest absolute Gasteiger partial charge is 0.319 e. The van der Waals surface area contributed by atoms with Crippen molar-refractivity contribution in [2.24, 2.45) is 0 Å². The summed E-state index contributed by atoms with van der Waals surface area (Å²) < 4.78 is 31.9. The lowest BCUT2D eigenvalue weighted by Gasteiger charge is -2.35. The van der Waals surface area contributed by atoms with Gasteiger partial charge >= 0.3 is 10.1 Å². The van der Waals surface area contributed by atoms with Gasteiger partial charge in [0.2, 0.25) is 5.37 Å². The summed E-state index contributed by atoms with van der Waals surface area (Å²) in [7, 11) is -0.468. The Morgan fingerprint density at radius 2 is 2.00 bits per heavy atom. The molecule has 7 heteroatoms. The van der Waals surface area contributed by atoms with E-state index in [0.717, 1.165) is 6.42 Å². The first-order chi connectivity index (χ1) is 6.75. The maximum atomic E-state index is 11.2. The van der Waals surface area contributed by atoms with Gasteiger partial charge in [-0.25, -0.2) is 4.84 Å². The van der Waals surface area contributed by atoms with E-state index in [2.05, 4.69) is 4.84 Å². The fourth-order valence-electron chi connectivity index (χ4n) is 1.76. The van der Waals surface area contributed by atoms with Crippen LogP contribution in [-0.4, -0.2) is 50.0 Å². The van der Waals surface area contributed by atoms with Crippen molar-refractivity contribution >= 4 is 21.9 Å². The first-order valence-corrected chi connectivity index (χ1v) is 6.76. The van der Waals surface area contributed by atoms with Crippen molar-refractivity contribution in [3.8, 4) is 0 Å². The highest BCUT2D eigenvalue weighted by atomic mass is 35.5. The lowest BCUT2D eigenvalue weighted by molar-refractivity contribution is -0.901. The van der Waals surface area contributed by atoms with Crippen LogP contribution in [0.2, 0.25) is 0 Å². The topological polar surface area (TPSA) is 66.4 Å². The zero-order valence-corrected chi connectivity index (χ0v) is 11.0. The van der Waals surface area contributed by atoms with Gasteiger partial charge in [0.1, 0.15) is 0 Å². The van der Waals surface area contributed by atoms with Gasteiger partial charge in [0.05, 0.1) is 20.6 Å². The molecule has 92 valence electrons. The Morgan fingerprint density at radius 1 is 1.47 bits per heavy atom. The third-order valence-corrected chi connectivity index (χ3v) is 4.09. The lowest BCUT2D eigenvalue weighted by atomic mass is 10.3. The Bertz CT molecular complexity index is 280. The molecule has 0 aliphatic rings. The normalized spacial score (nSPS) is 15.3. The SMILES string of the molecule is CCC[N+](C)(C)C(CCNCl)S(=O)(=O)O. The van der Waals surface area contributed by atoms with Crippen LogP contribution in [0, 0.1) is 0 Å². The van der Waals surface area contributed by atoms with Gasteiger partial charge in [-0.1, -0.05) is 6.92 Å². The second-order valence-electron chi connectivity index (χ2n) is 4.14. The highest BCUT2D eigenvalue weighted by molar-refractivity contribution is 7.86. The molecule has 0 amide bonds. The number of nitrogens with zero attached hydrogens (tertiary/aromatic N) is 1. The molecule has 0 heterocycles. The molecule has 5 nitrogen and oxygen atoms in total. The van der Waals surface area contributed by atoms with Gasteiger partial charge in [0, 0.05) is 13.0 Å². The van der Waals surface area contributed by atoms with E-state index in [0.29, 0.717) is 13.1 Å². The second-order valence-corrected chi connectivity index (χ2v) is 5.99. The molecule has 0 bridgehead atoms. The first-order valence-electron chi connectivity index (χ1n) is 4.88. The molecular formula is C8H20ClN2O3S+. The highest BCUT2D eigenvalue weighted by Crippen LogP contribution is 2.16. The third-order valence-electron chi connectivity index (χ3n) is 2.41. The van der Waals surface area contributed by atoms with Crippen molar-refractivity contribution < 1.29 is 17.5 Å². The van der Waals surface area contributed by atoms with E-state index in [4.69, 9.17) is 16.3 Å². The first kappa shape index (κ1) is 15.1. The van der Waals surface area contributed by atoms with E-state index >= 15 is 0 Å². The van der Waals surface area contributed by atoms with E-state index in [1.807, 2.05) is 6.92 Å². The van der Waals surface area contributed by atoms with Gasteiger partial charge in [-0.3, -0.25) is 4.55 Å². The van der Waals surface area contributed by atoms with Crippen LogP contribution in [0.15, 0.2) is 0 Å². The minimum Gasteiger partial charge on any atom is -0.311 e. The molecule has 1 unspecified atom stereocenters. The number of hydrogen-bond acceptors (Lipinski definition) is 3. The average molecular weight is 260 g/mol. The van der Waals surface area contributed by atoms with Crippen LogP contribution >= 0.6 is 11.8 Å². The minimum absolute atomic E-state index is 0.244. The third kappa shape index (κ3) is 5.12. The van der Waals surface area contributed by atoms with Crippen molar-refractivity contribution in [1.29, 1.82) is 0 Å². The molecule has 0 aliphatic carbocycles. The summed E-state index contributed by atoms with van der Waals surface area (Å²) in [6, 6.07) is 0. The van der Waals surface area contributed by atoms with E-state index in [9.17, 15) is 8.42 Å². The van der Waals surface area contributed by atoms with Gasteiger partial charge < -0.3 is 4.48 Å². The molecule has 2 N–H and O–H groups in total. The van der Waals surface area contributed by atoms with Crippen molar-refractivity contribution in [3.63, 3.8) is 0 Å². The molecule has 0 saturated heterocycles. The number of halogens is 1. The molecule has 15 heavy (non-hydrogen) atoms. The number of hydrogen-bond donors (Lipinski definition) is 2. The number of quaternary nitrogens is 1. The Morgan fingerprint density at radius 3 is 2.33 bits per heavy atom. The van der Waals surface area contributed by atoms with Crippen LogP contribution < -0.4 is 4.84 Å². The molecule has 0 aromatic rings. The summed E-state index contributed by atoms with van der Waals surface area (Å²) in [6.07, 6.45) is 1.14. The van der Waals surface area contributed by atoms with Crippen LogP contribution in [0.5, 0.6) is 0 Å². The van der Waals surface area contributed by atoms with Gasteiger partial charge in [0.15, 0.2) is 0 Å². The predicted octanol–water partition coefficient (Wildman–Crippen LogP) is 0.820. The van der Waals surface area contributed by atoms with Gasteiger partial charge in [-0.05, 0) is 18.2 Å². The van der Waals surface area contributed by atoms with E-state index in [1.54, 1.807) is 14.1 Å². The second kappa shape index (κ2) is 6.00. The maximum absolute atomic E-state index is 11.2. The zero-order valence-electron chi connectivity index (χ0n) is 9.40. The van der Waals surface area contributed by atoms with E-state index in [1.165, 1.54) is 0 Å². The van der Waals surface area contributed by atoms with Gasteiger partial charge in [0.25, 0.3) is 0 Å². The summed E-state index contributed by atoms with van der Waals surface area (Å²) in [4.78, 5) is 2.37. The smallest absolute Gasteiger partial charge is 0.311 e. The number of rotatable bonds is 7. The van der Waals surface area contributed by atoms with Crippen molar-refractivity contribution in [3.05, 3.63) is 0 Å². The summed E-state index contributed by atoms with van der Waals surface area (Å²) in [6.45, 7) is 3.00. The number of nitrogens with one attached hydrogen (secondary N) is 1. The summed E-state index contributed by atoms with van der Waals surface area (Å²) >= 11 is 5.29. The summed E-state index contributed by atoms with van der Waals surface area (Å²) in [5, 5.41) is -0.830. The molecule has 0 aromatic carbocycles. The van der Waals surface area contributed by atoms with Crippen LogP contribution in [0.1, 0.15) is 19.8 Å². The molecule has 0 radical (unpaired) electrons. The quantitative estimate of drug-likeness (QED) is 0.404. The summed E-state index contributed by atoms with van der Waals surface area (Å²) in [5.41, 5.74) is 0.